The quantitative estimate of drug-likeness (QED) is 0.503. The second kappa shape index (κ2) is 6.84. The molecular weight excluding hydrogens is 284 g/mol. The highest BCUT2D eigenvalue weighted by atomic mass is 16.6. The molecule has 0 saturated carbocycles. The van der Waals surface area contributed by atoms with Crippen molar-refractivity contribution in [2.75, 3.05) is 6.54 Å². The average molecular weight is 302 g/mol. The Kier molecular flexibility index (Phi) is 4.88. The number of aromatic nitrogens is 2. The van der Waals surface area contributed by atoms with Crippen molar-refractivity contribution < 1.29 is 9.72 Å². The van der Waals surface area contributed by atoms with Gasteiger partial charge in [0.15, 0.2) is 0 Å². The molecule has 0 saturated heterocycles. The fourth-order valence-electron chi connectivity index (χ4n) is 2.14. The third-order valence-electron chi connectivity index (χ3n) is 3.27. The second-order valence-corrected chi connectivity index (χ2v) is 5.15. The lowest BCUT2D eigenvalue weighted by Crippen LogP contribution is -2.25. The van der Waals surface area contributed by atoms with Crippen LogP contribution in [-0.2, 0) is 6.54 Å². The summed E-state index contributed by atoms with van der Waals surface area (Å²) in [6.07, 6.45) is 4.50. The van der Waals surface area contributed by atoms with Crippen LogP contribution in [0.5, 0.6) is 0 Å². The van der Waals surface area contributed by atoms with Gasteiger partial charge in [-0.15, -0.1) is 0 Å². The largest absolute Gasteiger partial charge is 0.352 e. The molecule has 0 aliphatic heterocycles. The summed E-state index contributed by atoms with van der Waals surface area (Å²) in [5.41, 5.74) is 2.03. The predicted octanol–water partition coefficient (Wildman–Crippen LogP) is 2.23. The van der Waals surface area contributed by atoms with E-state index in [1.165, 1.54) is 18.2 Å². The van der Waals surface area contributed by atoms with E-state index in [2.05, 4.69) is 10.4 Å². The van der Waals surface area contributed by atoms with Crippen LogP contribution in [0.25, 0.3) is 0 Å². The first kappa shape index (κ1) is 15.7. The molecule has 2 aromatic rings. The molecule has 116 valence electrons. The molecular formula is C15H18N4O3. The number of carbonyl (C=O) groups is 1. The Morgan fingerprint density at radius 3 is 2.77 bits per heavy atom. The van der Waals surface area contributed by atoms with Crippen LogP contribution in [0, 0.1) is 24.0 Å². The molecule has 0 aliphatic rings. The molecule has 7 heteroatoms. The number of carbonyl (C=O) groups excluding carboxylic acids is 1. The van der Waals surface area contributed by atoms with Crippen LogP contribution in [0.1, 0.15) is 27.9 Å². The van der Waals surface area contributed by atoms with Crippen molar-refractivity contribution in [2.24, 2.45) is 0 Å². The van der Waals surface area contributed by atoms with Gasteiger partial charge in [-0.3, -0.25) is 19.6 Å². The van der Waals surface area contributed by atoms with Gasteiger partial charge in [0.2, 0.25) is 0 Å². The first-order chi connectivity index (χ1) is 10.5. The summed E-state index contributed by atoms with van der Waals surface area (Å²) in [7, 11) is 0. The normalized spacial score (nSPS) is 10.5. The van der Waals surface area contributed by atoms with Crippen molar-refractivity contribution in [1.29, 1.82) is 0 Å². The van der Waals surface area contributed by atoms with Gasteiger partial charge >= 0.3 is 0 Å². The molecule has 7 nitrogen and oxygen atoms in total. The maximum atomic E-state index is 12.0. The van der Waals surface area contributed by atoms with Gasteiger partial charge in [0, 0.05) is 36.5 Å². The number of aryl methyl sites for hydroxylation is 3. The zero-order chi connectivity index (χ0) is 16.1. The minimum atomic E-state index is -0.455. The van der Waals surface area contributed by atoms with E-state index in [1.54, 1.807) is 13.1 Å². The molecule has 0 aliphatic carbocycles. The minimum absolute atomic E-state index is 0.0191. The molecule has 1 aromatic heterocycles. The fraction of sp³-hybridized carbons (Fsp3) is 0.333. The Bertz CT molecular complexity index is 694. The van der Waals surface area contributed by atoms with Crippen molar-refractivity contribution in [1.82, 2.24) is 15.1 Å². The van der Waals surface area contributed by atoms with Gasteiger partial charge in [0.05, 0.1) is 11.1 Å². The number of nitro benzene ring substituents is 1. The van der Waals surface area contributed by atoms with Gasteiger partial charge in [0.25, 0.3) is 11.6 Å². The molecule has 1 amide bonds. The zero-order valence-electron chi connectivity index (χ0n) is 12.6. The van der Waals surface area contributed by atoms with Crippen LogP contribution in [-0.4, -0.2) is 27.2 Å². The summed E-state index contributed by atoms with van der Waals surface area (Å²) < 4.78 is 1.83. The van der Waals surface area contributed by atoms with Crippen molar-refractivity contribution in [3.63, 3.8) is 0 Å². The van der Waals surface area contributed by atoms with E-state index in [0.717, 1.165) is 18.5 Å². The van der Waals surface area contributed by atoms with Crippen molar-refractivity contribution in [3.05, 3.63) is 57.4 Å². The van der Waals surface area contributed by atoms with Gasteiger partial charge in [-0.05, 0) is 38.0 Å². The molecule has 2 rings (SSSR count). The molecule has 22 heavy (non-hydrogen) atoms. The third kappa shape index (κ3) is 3.91. The summed E-state index contributed by atoms with van der Waals surface area (Å²) in [6, 6.07) is 4.36. The number of rotatable bonds is 6. The van der Waals surface area contributed by atoms with E-state index >= 15 is 0 Å². The highest BCUT2D eigenvalue weighted by molar-refractivity contribution is 5.94. The summed E-state index contributed by atoms with van der Waals surface area (Å²) in [5, 5.41) is 17.7. The van der Waals surface area contributed by atoms with Crippen LogP contribution in [0.2, 0.25) is 0 Å². The van der Waals surface area contributed by atoms with E-state index in [1.807, 2.05) is 17.8 Å². The maximum absolute atomic E-state index is 12.0. The number of amides is 1. The van der Waals surface area contributed by atoms with Gasteiger partial charge in [-0.1, -0.05) is 0 Å². The Balaban J connectivity index is 1.84. The second-order valence-electron chi connectivity index (χ2n) is 5.15. The lowest BCUT2D eigenvalue weighted by atomic mass is 10.1. The zero-order valence-corrected chi connectivity index (χ0v) is 12.6. The number of nitro groups is 1. The van der Waals surface area contributed by atoms with Crippen LogP contribution in [0.15, 0.2) is 30.6 Å². The van der Waals surface area contributed by atoms with E-state index in [-0.39, 0.29) is 11.6 Å². The highest BCUT2D eigenvalue weighted by Crippen LogP contribution is 2.18. The fourth-order valence-corrected chi connectivity index (χ4v) is 2.14. The topological polar surface area (TPSA) is 90.1 Å². The minimum Gasteiger partial charge on any atom is -0.352 e. The molecule has 0 bridgehead atoms. The van der Waals surface area contributed by atoms with Gasteiger partial charge in [0.1, 0.15) is 0 Å². The highest BCUT2D eigenvalue weighted by Gasteiger charge is 2.13. The molecule has 0 atom stereocenters. The van der Waals surface area contributed by atoms with Crippen molar-refractivity contribution >= 4 is 11.6 Å². The van der Waals surface area contributed by atoms with Crippen LogP contribution in [0.3, 0.4) is 0 Å². The first-order valence-corrected chi connectivity index (χ1v) is 6.99. The monoisotopic (exact) mass is 302 g/mol. The summed E-state index contributed by atoms with van der Waals surface area (Å²) >= 11 is 0. The van der Waals surface area contributed by atoms with Crippen molar-refractivity contribution in [2.45, 2.75) is 26.8 Å². The maximum Gasteiger partial charge on any atom is 0.272 e. The number of hydrogen-bond donors (Lipinski definition) is 1. The van der Waals surface area contributed by atoms with Crippen LogP contribution >= 0.6 is 0 Å². The lowest BCUT2D eigenvalue weighted by Gasteiger charge is -2.06. The molecule has 0 fully saturated rings. The van der Waals surface area contributed by atoms with Crippen LogP contribution in [0.4, 0.5) is 5.69 Å². The first-order valence-electron chi connectivity index (χ1n) is 6.99. The van der Waals surface area contributed by atoms with E-state index < -0.39 is 4.92 Å². The molecule has 1 heterocycles. The number of nitrogens with zero attached hydrogens (tertiary/aromatic N) is 3. The number of nitrogens with one attached hydrogen (secondary N) is 1. The van der Waals surface area contributed by atoms with Gasteiger partial charge in [-0.2, -0.15) is 5.10 Å². The van der Waals surface area contributed by atoms with E-state index in [4.69, 9.17) is 0 Å². The standard InChI is InChI=1S/C15H18N4O3/c1-11-9-17-18(10-11)7-3-6-16-15(20)13-4-5-14(19(21)22)12(2)8-13/h4-5,8-10H,3,6-7H2,1-2H3,(H,16,20). The summed E-state index contributed by atoms with van der Waals surface area (Å²) in [6.45, 7) is 4.85. The SMILES string of the molecule is Cc1cnn(CCCNC(=O)c2ccc([N+](=O)[O-])c(C)c2)c1. The molecule has 0 spiro atoms. The number of benzene rings is 1. The van der Waals surface area contributed by atoms with Crippen LogP contribution < -0.4 is 5.32 Å². The lowest BCUT2D eigenvalue weighted by molar-refractivity contribution is -0.385. The molecule has 0 radical (unpaired) electrons. The van der Waals surface area contributed by atoms with E-state index in [9.17, 15) is 14.9 Å². The Morgan fingerprint density at radius 2 is 2.18 bits per heavy atom. The molecule has 1 aromatic carbocycles. The van der Waals surface area contributed by atoms with E-state index in [0.29, 0.717) is 17.7 Å². The van der Waals surface area contributed by atoms with Gasteiger partial charge < -0.3 is 5.32 Å². The molecule has 0 unspecified atom stereocenters. The summed E-state index contributed by atoms with van der Waals surface area (Å²) in [5.74, 6) is -0.227. The smallest absolute Gasteiger partial charge is 0.272 e. The summed E-state index contributed by atoms with van der Waals surface area (Å²) in [4.78, 5) is 22.3. The Hall–Kier alpha value is -2.70. The third-order valence-corrected chi connectivity index (χ3v) is 3.27. The number of hydrogen-bond acceptors (Lipinski definition) is 4. The average Bonchev–Trinajstić information content (AvgIpc) is 2.88. The molecule has 1 N–H and O–H groups in total. The van der Waals surface area contributed by atoms with Crippen molar-refractivity contribution in [3.8, 4) is 0 Å². The predicted molar refractivity (Wildman–Crippen MR) is 81.7 cm³/mol. The Morgan fingerprint density at radius 1 is 1.41 bits per heavy atom. The Labute approximate surface area is 128 Å². The van der Waals surface area contributed by atoms with Gasteiger partial charge in [-0.25, -0.2) is 0 Å².